The third kappa shape index (κ3) is 5.48. The number of hydrogen-bond donors (Lipinski definition) is 3. The number of carboxylic acid groups (broad SMARTS) is 1. The van der Waals surface area contributed by atoms with Gasteiger partial charge in [0, 0.05) is 0 Å². The van der Waals surface area contributed by atoms with E-state index in [4.69, 9.17) is 16.7 Å². The number of amides is 1. The van der Waals surface area contributed by atoms with Crippen molar-refractivity contribution < 1.29 is 27.9 Å². The molecule has 10 heteroatoms. The van der Waals surface area contributed by atoms with Crippen molar-refractivity contribution >= 4 is 39.6 Å². The van der Waals surface area contributed by atoms with Crippen LogP contribution in [0.25, 0.3) is 0 Å². The van der Waals surface area contributed by atoms with Crippen molar-refractivity contribution in [1.82, 2.24) is 4.72 Å². The first-order chi connectivity index (χ1) is 9.60. The van der Waals surface area contributed by atoms with Crippen LogP contribution in [-0.2, 0) is 14.9 Å². The van der Waals surface area contributed by atoms with Crippen LogP contribution < -0.4 is 9.44 Å². The Labute approximate surface area is 126 Å². The summed E-state index contributed by atoms with van der Waals surface area (Å²) in [5.41, 5.74) is -0.344. The van der Waals surface area contributed by atoms with Gasteiger partial charge < -0.3 is 9.84 Å². The second-order valence-corrected chi connectivity index (χ2v) is 5.98. The Kier molecular flexibility index (Phi) is 5.39. The lowest BCUT2D eigenvalue weighted by Crippen LogP contribution is -2.36. The van der Waals surface area contributed by atoms with Gasteiger partial charge in [-0.15, -0.1) is 0 Å². The fourth-order valence-electron chi connectivity index (χ4n) is 1.25. The van der Waals surface area contributed by atoms with Gasteiger partial charge in [-0.2, -0.15) is 8.42 Å². The van der Waals surface area contributed by atoms with Crippen molar-refractivity contribution in [3.8, 4) is 0 Å². The molecule has 0 aliphatic carbocycles. The van der Waals surface area contributed by atoms with Crippen LogP contribution in [0.1, 0.15) is 24.2 Å². The zero-order valence-electron chi connectivity index (χ0n) is 11.1. The SMILES string of the molecule is CC(C)OC(=O)NS(=O)(=O)Nc1cc(C(=O)O)ccc1Cl. The van der Waals surface area contributed by atoms with Gasteiger partial charge in [-0.3, -0.25) is 4.72 Å². The molecule has 0 heterocycles. The summed E-state index contributed by atoms with van der Waals surface area (Å²) in [7, 11) is -4.30. The lowest BCUT2D eigenvalue weighted by Gasteiger charge is -2.12. The molecule has 0 aromatic heterocycles. The maximum atomic E-state index is 11.7. The molecule has 1 amide bonds. The molecule has 1 aromatic carbocycles. The minimum absolute atomic E-state index is 0.0254. The number of hydrogen-bond acceptors (Lipinski definition) is 5. The maximum Gasteiger partial charge on any atom is 0.422 e. The summed E-state index contributed by atoms with van der Waals surface area (Å²) in [5, 5.41) is 8.81. The fourth-order valence-corrected chi connectivity index (χ4v) is 2.25. The Morgan fingerprint density at radius 2 is 1.95 bits per heavy atom. The first-order valence-electron chi connectivity index (χ1n) is 5.64. The lowest BCUT2D eigenvalue weighted by molar-refractivity contribution is 0.0696. The molecule has 0 aliphatic rings. The van der Waals surface area contributed by atoms with Crippen molar-refractivity contribution in [2.24, 2.45) is 0 Å². The highest BCUT2D eigenvalue weighted by Gasteiger charge is 2.18. The number of halogens is 1. The van der Waals surface area contributed by atoms with Gasteiger partial charge in [-0.1, -0.05) is 11.6 Å². The van der Waals surface area contributed by atoms with E-state index in [2.05, 4.69) is 4.74 Å². The summed E-state index contributed by atoms with van der Waals surface area (Å²) in [5.74, 6) is -1.25. The van der Waals surface area contributed by atoms with E-state index in [0.29, 0.717) is 0 Å². The normalized spacial score (nSPS) is 11.0. The quantitative estimate of drug-likeness (QED) is 0.754. The van der Waals surface area contributed by atoms with Crippen LogP contribution in [0.2, 0.25) is 5.02 Å². The van der Waals surface area contributed by atoms with Crippen molar-refractivity contribution in [3.05, 3.63) is 28.8 Å². The highest BCUT2D eigenvalue weighted by atomic mass is 35.5. The second-order valence-electron chi connectivity index (χ2n) is 4.16. The number of aromatic carboxylic acids is 1. The van der Waals surface area contributed by atoms with E-state index in [9.17, 15) is 18.0 Å². The number of ether oxygens (including phenoxy) is 1. The highest BCUT2D eigenvalue weighted by molar-refractivity contribution is 7.91. The third-order valence-corrected chi connectivity index (χ3v) is 3.27. The molecule has 116 valence electrons. The van der Waals surface area contributed by atoms with E-state index >= 15 is 0 Å². The third-order valence-electron chi connectivity index (χ3n) is 2.02. The highest BCUT2D eigenvalue weighted by Crippen LogP contribution is 2.23. The summed E-state index contributed by atoms with van der Waals surface area (Å²) in [6, 6.07) is 3.45. The van der Waals surface area contributed by atoms with E-state index in [0.717, 1.165) is 6.07 Å². The number of rotatable bonds is 5. The van der Waals surface area contributed by atoms with E-state index < -0.39 is 28.4 Å². The molecule has 8 nitrogen and oxygen atoms in total. The van der Waals surface area contributed by atoms with Gasteiger partial charge in [0.05, 0.1) is 22.4 Å². The van der Waals surface area contributed by atoms with Gasteiger partial charge in [0.1, 0.15) is 0 Å². The number of nitrogens with one attached hydrogen (secondary N) is 2. The molecule has 1 rings (SSSR count). The molecule has 0 saturated heterocycles. The van der Waals surface area contributed by atoms with Gasteiger partial charge >= 0.3 is 22.3 Å². The second kappa shape index (κ2) is 6.64. The van der Waals surface area contributed by atoms with Crippen LogP contribution in [0.15, 0.2) is 18.2 Å². The molecule has 3 N–H and O–H groups in total. The Hall–Kier alpha value is -2.00. The minimum atomic E-state index is -4.30. The zero-order chi connectivity index (χ0) is 16.2. The summed E-state index contributed by atoms with van der Waals surface area (Å²) in [6.07, 6.45) is -1.66. The van der Waals surface area contributed by atoms with Crippen molar-refractivity contribution in [2.75, 3.05) is 4.72 Å². The van der Waals surface area contributed by atoms with E-state index in [1.807, 2.05) is 4.72 Å². The number of carbonyl (C=O) groups excluding carboxylic acids is 1. The predicted molar refractivity (Wildman–Crippen MR) is 75.7 cm³/mol. The summed E-state index contributed by atoms with van der Waals surface area (Å²) in [4.78, 5) is 22.1. The number of carboxylic acids is 1. The molecule has 0 radical (unpaired) electrons. The van der Waals surface area contributed by atoms with Crippen LogP contribution >= 0.6 is 11.6 Å². The van der Waals surface area contributed by atoms with Gasteiger partial charge in [0.15, 0.2) is 0 Å². The summed E-state index contributed by atoms with van der Waals surface area (Å²) >= 11 is 5.76. The van der Waals surface area contributed by atoms with Crippen LogP contribution in [0, 0.1) is 0 Å². The van der Waals surface area contributed by atoms with Crippen molar-refractivity contribution in [2.45, 2.75) is 20.0 Å². The monoisotopic (exact) mass is 336 g/mol. The van der Waals surface area contributed by atoms with Gasteiger partial charge in [0.25, 0.3) is 0 Å². The lowest BCUT2D eigenvalue weighted by atomic mass is 10.2. The average Bonchev–Trinajstić information content (AvgIpc) is 2.29. The van der Waals surface area contributed by atoms with Crippen LogP contribution in [0.5, 0.6) is 0 Å². The molecule has 0 saturated carbocycles. The standard InChI is InChI=1S/C11H13ClN2O6S/c1-6(2)20-11(17)14-21(18,19)13-9-5-7(10(15)16)3-4-8(9)12/h3-6,13H,1-2H3,(H,14,17)(H,15,16). The molecule has 0 fully saturated rings. The average molecular weight is 337 g/mol. The molecular formula is C11H13ClN2O6S. The topological polar surface area (TPSA) is 122 Å². The Balaban J connectivity index is 2.91. The molecule has 0 atom stereocenters. The van der Waals surface area contributed by atoms with E-state index in [-0.39, 0.29) is 16.3 Å². The number of anilines is 1. The molecule has 0 bridgehead atoms. The molecule has 1 aromatic rings. The molecular weight excluding hydrogens is 324 g/mol. The Morgan fingerprint density at radius 1 is 1.33 bits per heavy atom. The van der Waals surface area contributed by atoms with Gasteiger partial charge in [0.2, 0.25) is 0 Å². The van der Waals surface area contributed by atoms with Crippen molar-refractivity contribution in [1.29, 1.82) is 0 Å². The van der Waals surface area contributed by atoms with Crippen LogP contribution in [0.4, 0.5) is 10.5 Å². The predicted octanol–water partition coefficient (Wildman–Crippen LogP) is 1.83. The molecule has 21 heavy (non-hydrogen) atoms. The molecule has 0 unspecified atom stereocenters. The van der Waals surface area contributed by atoms with E-state index in [1.165, 1.54) is 12.1 Å². The largest absolute Gasteiger partial charge is 0.478 e. The molecule has 0 aliphatic heterocycles. The van der Waals surface area contributed by atoms with Crippen molar-refractivity contribution in [3.63, 3.8) is 0 Å². The van der Waals surface area contributed by atoms with Gasteiger partial charge in [-0.25, -0.2) is 14.3 Å². The summed E-state index contributed by atoms with van der Waals surface area (Å²) in [6.45, 7) is 3.10. The summed E-state index contributed by atoms with van der Waals surface area (Å²) < 4.78 is 31.6. The van der Waals surface area contributed by atoms with Crippen LogP contribution in [0.3, 0.4) is 0 Å². The fraction of sp³-hybridized carbons (Fsp3) is 0.273. The Morgan fingerprint density at radius 3 is 2.48 bits per heavy atom. The maximum absolute atomic E-state index is 11.7. The Bertz CT molecular complexity index is 659. The van der Waals surface area contributed by atoms with Crippen LogP contribution in [-0.4, -0.2) is 31.7 Å². The number of benzene rings is 1. The minimum Gasteiger partial charge on any atom is -0.478 e. The molecule has 0 spiro atoms. The number of carbonyl (C=O) groups is 2. The zero-order valence-corrected chi connectivity index (χ0v) is 12.7. The first-order valence-corrected chi connectivity index (χ1v) is 7.51. The van der Waals surface area contributed by atoms with Gasteiger partial charge in [-0.05, 0) is 32.0 Å². The smallest absolute Gasteiger partial charge is 0.422 e. The van der Waals surface area contributed by atoms with E-state index in [1.54, 1.807) is 18.6 Å². The first kappa shape index (κ1) is 17.1.